The first-order chi connectivity index (χ1) is 12.5. The third-order valence-corrected chi connectivity index (χ3v) is 4.06. The van der Waals surface area contributed by atoms with Crippen molar-refractivity contribution < 1.29 is 17.9 Å². The molecule has 0 saturated carbocycles. The van der Waals surface area contributed by atoms with Crippen LogP contribution in [0.15, 0.2) is 59.0 Å². The van der Waals surface area contributed by atoms with Crippen molar-refractivity contribution in [2.75, 3.05) is 7.05 Å². The lowest BCUT2D eigenvalue weighted by Crippen LogP contribution is -2.22. The van der Waals surface area contributed by atoms with Gasteiger partial charge in [0, 0.05) is 12.1 Å². The lowest BCUT2D eigenvalue weighted by atomic mass is 10.2. The Morgan fingerprint density at radius 2 is 1.73 bits per heavy atom. The number of aromatic nitrogens is 2. The summed E-state index contributed by atoms with van der Waals surface area (Å²) in [5.74, 6) is 1.14. The van der Waals surface area contributed by atoms with Gasteiger partial charge in [-0.15, -0.1) is 10.2 Å². The Labute approximate surface area is 150 Å². The maximum atomic E-state index is 12.2. The van der Waals surface area contributed by atoms with Crippen LogP contribution in [0.25, 0.3) is 11.5 Å². The average molecular weight is 359 g/mol. The molecule has 1 heterocycles. The van der Waals surface area contributed by atoms with Crippen molar-refractivity contribution in [3.05, 3.63) is 66.1 Å². The van der Waals surface area contributed by atoms with Crippen LogP contribution in [0.5, 0.6) is 5.75 Å². The molecule has 1 atom stereocenters. The van der Waals surface area contributed by atoms with Gasteiger partial charge in [0.25, 0.3) is 0 Å². The van der Waals surface area contributed by atoms with Gasteiger partial charge in [-0.1, -0.05) is 30.3 Å². The van der Waals surface area contributed by atoms with E-state index in [9.17, 15) is 8.78 Å². The maximum absolute atomic E-state index is 12.2. The van der Waals surface area contributed by atoms with E-state index in [2.05, 4.69) is 14.9 Å². The summed E-state index contributed by atoms with van der Waals surface area (Å²) in [5, 5.41) is 8.25. The van der Waals surface area contributed by atoms with E-state index in [1.807, 2.05) is 49.2 Å². The van der Waals surface area contributed by atoms with E-state index < -0.39 is 6.61 Å². The van der Waals surface area contributed by atoms with Gasteiger partial charge in [0.05, 0.1) is 6.04 Å². The van der Waals surface area contributed by atoms with Gasteiger partial charge in [0.1, 0.15) is 5.75 Å². The zero-order valence-electron chi connectivity index (χ0n) is 14.5. The standard InChI is InChI=1S/C19H19F2N3O2/c1-13(17-22-23-18(26-17)15-6-4-3-5-7-15)24(2)12-14-8-10-16(11-9-14)25-19(20)21/h3-11,13,19H,12H2,1-2H3. The number of halogens is 2. The fourth-order valence-corrected chi connectivity index (χ4v) is 2.49. The molecule has 0 aliphatic carbocycles. The molecule has 0 N–H and O–H groups in total. The minimum Gasteiger partial charge on any atom is -0.435 e. The molecule has 3 aromatic rings. The molecule has 0 radical (unpaired) electrons. The first-order valence-electron chi connectivity index (χ1n) is 8.15. The van der Waals surface area contributed by atoms with Gasteiger partial charge in [0.15, 0.2) is 0 Å². The number of benzene rings is 2. The number of nitrogens with zero attached hydrogens (tertiary/aromatic N) is 3. The maximum Gasteiger partial charge on any atom is 0.387 e. The van der Waals surface area contributed by atoms with Crippen molar-refractivity contribution in [1.29, 1.82) is 0 Å². The number of alkyl halides is 2. The fourth-order valence-electron chi connectivity index (χ4n) is 2.49. The molecule has 0 saturated heterocycles. The Morgan fingerprint density at radius 1 is 1.04 bits per heavy atom. The zero-order chi connectivity index (χ0) is 18.5. The lowest BCUT2D eigenvalue weighted by Gasteiger charge is -2.21. The zero-order valence-corrected chi connectivity index (χ0v) is 14.5. The summed E-state index contributed by atoms with van der Waals surface area (Å²) >= 11 is 0. The summed E-state index contributed by atoms with van der Waals surface area (Å²) in [6, 6.07) is 16.0. The van der Waals surface area contributed by atoms with Crippen LogP contribution >= 0.6 is 0 Å². The van der Waals surface area contributed by atoms with E-state index in [0.717, 1.165) is 11.1 Å². The van der Waals surface area contributed by atoms with Gasteiger partial charge in [-0.2, -0.15) is 8.78 Å². The van der Waals surface area contributed by atoms with Crippen LogP contribution < -0.4 is 4.74 Å². The Morgan fingerprint density at radius 3 is 2.38 bits per heavy atom. The van der Waals surface area contributed by atoms with Crippen LogP contribution in [-0.4, -0.2) is 28.8 Å². The molecule has 0 fully saturated rings. The predicted molar refractivity (Wildman–Crippen MR) is 92.7 cm³/mol. The minimum atomic E-state index is -2.82. The highest BCUT2D eigenvalue weighted by atomic mass is 19.3. The molecule has 0 amide bonds. The van der Waals surface area contributed by atoms with E-state index in [1.54, 1.807) is 12.1 Å². The predicted octanol–water partition coefficient (Wildman–Crippen LogP) is 4.53. The molecule has 7 heteroatoms. The van der Waals surface area contributed by atoms with Gasteiger partial charge in [-0.05, 0) is 43.8 Å². The van der Waals surface area contributed by atoms with Gasteiger partial charge in [-0.3, -0.25) is 4.90 Å². The normalized spacial score (nSPS) is 12.5. The molecule has 26 heavy (non-hydrogen) atoms. The van der Waals surface area contributed by atoms with E-state index in [0.29, 0.717) is 18.3 Å². The molecule has 0 bridgehead atoms. The van der Waals surface area contributed by atoms with E-state index in [4.69, 9.17) is 4.42 Å². The van der Waals surface area contributed by atoms with Crippen molar-refractivity contribution in [3.63, 3.8) is 0 Å². The summed E-state index contributed by atoms with van der Waals surface area (Å²) in [6.45, 7) is -0.254. The number of rotatable bonds is 7. The third-order valence-electron chi connectivity index (χ3n) is 4.06. The Bertz CT molecular complexity index is 822. The molecule has 2 aromatic carbocycles. The first-order valence-corrected chi connectivity index (χ1v) is 8.15. The molecule has 0 aliphatic heterocycles. The van der Waals surface area contributed by atoms with Gasteiger partial charge < -0.3 is 9.15 Å². The van der Waals surface area contributed by atoms with Crippen LogP contribution in [-0.2, 0) is 6.54 Å². The van der Waals surface area contributed by atoms with Crippen LogP contribution in [0.1, 0.15) is 24.4 Å². The molecule has 0 aliphatic rings. The van der Waals surface area contributed by atoms with Crippen molar-refractivity contribution in [2.24, 2.45) is 0 Å². The second-order valence-electron chi connectivity index (χ2n) is 5.93. The third kappa shape index (κ3) is 4.43. The Hall–Kier alpha value is -2.80. The highest BCUT2D eigenvalue weighted by Crippen LogP contribution is 2.24. The smallest absolute Gasteiger partial charge is 0.387 e. The highest BCUT2D eigenvalue weighted by Gasteiger charge is 2.19. The van der Waals surface area contributed by atoms with Crippen LogP contribution in [0.3, 0.4) is 0 Å². The summed E-state index contributed by atoms with van der Waals surface area (Å²) in [5.41, 5.74) is 1.83. The van der Waals surface area contributed by atoms with Gasteiger partial charge >= 0.3 is 6.61 Å². The van der Waals surface area contributed by atoms with Gasteiger partial charge in [0.2, 0.25) is 11.8 Å². The second kappa shape index (κ2) is 8.05. The molecule has 0 spiro atoms. The van der Waals surface area contributed by atoms with E-state index >= 15 is 0 Å². The van der Waals surface area contributed by atoms with Crippen LogP contribution in [0, 0.1) is 0 Å². The molecule has 3 rings (SSSR count). The molecule has 5 nitrogen and oxygen atoms in total. The molecular weight excluding hydrogens is 340 g/mol. The molecule has 136 valence electrons. The number of hydrogen-bond donors (Lipinski definition) is 0. The van der Waals surface area contributed by atoms with Crippen molar-refractivity contribution in [2.45, 2.75) is 26.1 Å². The van der Waals surface area contributed by atoms with Crippen molar-refractivity contribution in [1.82, 2.24) is 15.1 Å². The monoisotopic (exact) mass is 359 g/mol. The number of hydrogen-bond acceptors (Lipinski definition) is 5. The quantitative estimate of drug-likeness (QED) is 0.620. The molecular formula is C19H19F2N3O2. The Kier molecular flexibility index (Phi) is 5.58. The lowest BCUT2D eigenvalue weighted by molar-refractivity contribution is -0.0498. The largest absolute Gasteiger partial charge is 0.435 e. The average Bonchev–Trinajstić information content (AvgIpc) is 3.13. The SMILES string of the molecule is CC(c1nnc(-c2ccccc2)o1)N(C)Cc1ccc(OC(F)F)cc1. The summed E-state index contributed by atoms with van der Waals surface area (Å²) in [6.07, 6.45) is 0. The number of ether oxygens (including phenoxy) is 1. The van der Waals surface area contributed by atoms with E-state index in [1.165, 1.54) is 12.1 Å². The Balaban J connectivity index is 1.64. The minimum absolute atomic E-state index is 0.100. The first kappa shape index (κ1) is 18.0. The summed E-state index contributed by atoms with van der Waals surface area (Å²) in [7, 11) is 1.93. The summed E-state index contributed by atoms with van der Waals surface area (Å²) in [4.78, 5) is 2.03. The molecule has 1 aromatic heterocycles. The van der Waals surface area contributed by atoms with Crippen LogP contribution in [0.2, 0.25) is 0 Å². The highest BCUT2D eigenvalue weighted by molar-refractivity contribution is 5.51. The molecule has 1 unspecified atom stereocenters. The summed E-state index contributed by atoms with van der Waals surface area (Å²) < 4.78 is 34.5. The van der Waals surface area contributed by atoms with Crippen molar-refractivity contribution in [3.8, 4) is 17.2 Å². The fraction of sp³-hybridized carbons (Fsp3) is 0.263. The second-order valence-corrected chi connectivity index (χ2v) is 5.93. The van der Waals surface area contributed by atoms with E-state index in [-0.39, 0.29) is 11.8 Å². The van der Waals surface area contributed by atoms with Gasteiger partial charge in [-0.25, -0.2) is 0 Å². The van der Waals surface area contributed by atoms with Crippen LogP contribution in [0.4, 0.5) is 8.78 Å². The topological polar surface area (TPSA) is 51.4 Å². The van der Waals surface area contributed by atoms with Crippen molar-refractivity contribution >= 4 is 0 Å².